The van der Waals surface area contributed by atoms with Crippen LogP contribution in [0.15, 0.2) is 47.5 Å². The molecule has 27 heavy (non-hydrogen) atoms. The molecule has 1 N–H and O–H groups in total. The third kappa shape index (κ3) is 3.08. The van der Waals surface area contributed by atoms with E-state index in [-0.39, 0.29) is 29.5 Å². The summed E-state index contributed by atoms with van der Waals surface area (Å²) in [4.78, 5) is 25.3. The summed E-state index contributed by atoms with van der Waals surface area (Å²) in [5.74, 6) is -1.41. The molecule has 0 radical (unpaired) electrons. The van der Waals surface area contributed by atoms with E-state index in [1.54, 1.807) is 32.0 Å². The number of ether oxygens (including phenoxy) is 2. The summed E-state index contributed by atoms with van der Waals surface area (Å²) >= 11 is 0. The van der Waals surface area contributed by atoms with Crippen LogP contribution in [-0.4, -0.2) is 37.5 Å². The molecule has 1 unspecified atom stereocenters. The lowest BCUT2D eigenvalue weighted by atomic mass is 9.90. The number of nitrogens with zero attached hydrogens (tertiary/aromatic N) is 1. The van der Waals surface area contributed by atoms with Crippen molar-refractivity contribution in [2.45, 2.75) is 30.7 Å². The second-order valence-corrected chi connectivity index (χ2v) is 7.71. The van der Waals surface area contributed by atoms with Gasteiger partial charge in [-0.3, -0.25) is 4.79 Å². The molecule has 0 fully saturated rings. The van der Waals surface area contributed by atoms with Crippen molar-refractivity contribution in [2.75, 3.05) is 18.5 Å². The first-order valence-electron chi connectivity index (χ1n) is 8.50. The first-order chi connectivity index (χ1) is 12.9. The minimum Gasteiger partial charge on any atom is -0.466 e. The van der Waals surface area contributed by atoms with Crippen LogP contribution in [-0.2, 0) is 34.6 Å². The first kappa shape index (κ1) is 19.0. The van der Waals surface area contributed by atoms with Crippen molar-refractivity contribution in [1.82, 2.24) is 3.97 Å². The number of aromatic nitrogens is 1. The smallest absolute Gasteiger partial charge is 0.338 e. The number of nitrogens with one attached hydrogen (secondary N) is 1. The zero-order valence-corrected chi connectivity index (χ0v) is 15.8. The normalized spacial score (nSPS) is 19.8. The zero-order valence-electron chi connectivity index (χ0n) is 15.0. The van der Waals surface area contributed by atoms with Crippen molar-refractivity contribution in [2.24, 2.45) is 0 Å². The maximum atomic E-state index is 13.1. The average Bonchev–Trinajstić information content (AvgIpc) is 3.10. The Morgan fingerprint density at radius 1 is 1.07 bits per heavy atom. The van der Waals surface area contributed by atoms with Gasteiger partial charge in [0.2, 0.25) is 0 Å². The standard InChI is InChI=1S/C18H20N2O6S/c1-3-25-16(21)12-18(17(22)26-4-2)15-10-7-11-20(15)27(23,24)14-9-6-5-8-13(14)19-18/h5-11,19H,3-4,12H2,1-2H3. The number of hydrogen-bond donors (Lipinski definition) is 1. The SMILES string of the molecule is CCOC(=O)CC1(C(=O)OCC)Nc2ccccc2S(=O)(=O)n2cccc21. The molecule has 1 aromatic carbocycles. The molecule has 0 spiro atoms. The highest BCUT2D eigenvalue weighted by atomic mass is 32.2. The number of rotatable bonds is 5. The highest BCUT2D eigenvalue weighted by Gasteiger charge is 2.50. The molecule has 8 nitrogen and oxygen atoms in total. The second-order valence-electron chi connectivity index (χ2n) is 5.92. The van der Waals surface area contributed by atoms with Gasteiger partial charge in [0.1, 0.15) is 4.90 Å². The van der Waals surface area contributed by atoms with E-state index < -0.39 is 33.9 Å². The predicted octanol–water partition coefficient (Wildman–Crippen LogP) is 1.86. The van der Waals surface area contributed by atoms with E-state index in [1.807, 2.05) is 0 Å². The molecule has 9 heteroatoms. The molecule has 1 aliphatic rings. The molecular formula is C18H20N2O6S. The van der Waals surface area contributed by atoms with Gasteiger partial charge in [0.15, 0.2) is 5.54 Å². The van der Waals surface area contributed by atoms with Gasteiger partial charge in [-0.2, -0.15) is 0 Å². The van der Waals surface area contributed by atoms with Gasteiger partial charge < -0.3 is 14.8 Å². The van der Waals surface area contributed by atoms with Crippen LogP contribution < -0.4 is 5.32 Å². The summed E-state index contributed by atoms with van der Waals surface area (Å²) < 4.78 is 37.5. The summed E-state index contributed by atoms with van der Waals surface area (Å²) in [6, 6.07) is 9.19. The van der Waals surface area contributed by atoms with E-state index in [1.165, 1.54) is 24.4 Å². The van der Waals surface area contributed by atoms with Crippen molar-refractivity contribution < 1.29 is 27.5 Å². The van der Waals surface area contributed by atoms with Gasteiger partial charge >= 0.3 is 11.9 Å². The van der Waals surface area contributed by atoms with Crippen molar-refractivity contribution in [3.8, 4) is 0 Å². The van der Waals surface area contributed by atoms with Gasteiger partial charge in [0.05, 0.1) is 31.0 Å². The third-order valence-electron chi connectivity index (χ3n) is 4.26. The Balaban J connectivity index is 2.29. The number of carbonyl (C=O) groups is 2. The summed E-state index contributed by atoms with van der Waals surface area (Å²) in [6.07, 6.45) is 0.918. The lowest BCUT2D eigenvalue weighted by Crippen LogP contribution is -2.47. The van der Waals surface area contributed by atoms with Gasteiger partial charge in [-0.05, 0) is 38.1 Å². The van der Waals surface area contributed by atoms with Crippen LogP contribution in [0.5, 0.6) is 0 Å². The van der Waals surface area contributed by atoms with E-state index in [9.17, 15) is 18.0 Å². The lowest BCUT2D eigenvalue weighted by Gasteiger charge is -2.31. The molecule has 2 heterocycles. The fraction of sp³-hybridized carbons (Fsp3) is 0.333. The van der Waals surface area contributed by atoms with Gasteiger partial charge in [0, 0.05) is 6.20 Å². The topological polar surface area (TPSA) is 104 Å². The predicted molar refractivity (Wildman–Crippen MR) is 96.6 cm³/mol. The maximum Gasteiger partial charge on any atom is 0.338 e. The van der Waals surface area contributed by atoms with Gasteiger partial charge in [-0.15, -0.1) is 0 Å². The molecule has 1 atom stereocenters. The van der Waals surface area contributed by atoms with Crippen LogP contribution in [0, 0.1) is 0 Å². The van der Waals surface area contributed by atoms with E-state index >= 15 is 0 Å². The Hall–Kier alpha value is -2.81. The number of benzene rings is 1. The molecule has 3 rings (SSSR count). The summed E-state index contributed by atoms with van der Waals surface area (Å²) in [5.41, 5.74) is -1.45. The summed E-state index contributed by atoms with van der Waals surface area (Å²) in [7, 11) is -3.97. The van der Waals surface area contributed by atoms with E-state index in [4.69, 9.17) is 9.47 Å². The number of fused-ring (bicyclic) bond motifs is 2. The molecule has 1 aliphatic heterocycles. The number of esters is 2. The van der Waals surface area contributed by atoms with Crippen molar-refractivity contribution >= 4 is 27.6 Å². The zero-order chi connectivity index (χ0) is 19.7. The van der Waals surface area contributed by atoms with Crippen LogP contribution >= 0.6 is 0 Å². The molecule has 0 amide bonds. The van der Waals surface area contributed by atoms with E-state index in [0.717, 1.165) is 3.97 Å². The van der Waals surface area contributed by atoms with Gasteiger partial charge in [-0.25, -0.2) is 17.2 Å². The summed E-state index contributed by atoms with van der Waals surface area (Å²) in [6.45, 7) is 3.49. The molecule has 2 aromatic rings. The van der Waals surface area contributed by atoms with Crippen LogP contribution in [0.25, 0.3) is 0 Å². The minimum absolute atomic E-state index is 0.00233. The molecule has 0 bridgehead atoms. The first-order valence-corrected chi connectivity index (χ1v) is 9.94. The Bertz CT molecular complexity index is 981. The molecular weight excluding hydrogens is 372 g/mol. The van der Waals surface area contributed by atoms with Crippen LogP contribution in [0.1, 0.15) is 26.0 Å². The molecule has 0 saturated heterocycles. The minimum atomic E-state index is -3.97. The van der Waals surface area contributed by atoms with Crippen molar-refractivity contribution in [3.05, 3.63) is 48.3 Å². The lowest BCUT2D eigenvalue weighted by molar-refractivity contribution is -0.156. The highest BCUT2D eigenvalue weighted by Crippen LogP contribution is 2.39. The number of anilines is 1. The Morgan fingerprint density at radius 2 is 1.78 bits per heavy atom. The molecule has 0 saturated carbocycles. The number of hydrogen-bond acceptors (Lipinski definition) is 7. The Kier molecular flexibility index (Phi) is 4.97. The number of para-hydroxylation sites is 1. The van der Waals surface area contributed by atoms with Crippen LogP contribution in [0.2, 0.25) is 0 Å². The molecule has 1 aromatic heterocycles. The Labute approximate surface area is 157 Å². The monoisotopic (exact) mass is 392 g/mol. The fourth-order valence-electron chi connectivity index (χ4n) is 3.15. The van der Waals surface area contributed by atoms with Gasteiger partial charge in [0.25, 0.3) is 10.0 Å². The van der Waals surface area contributed by atoms with Crippen LogP contribution in [0.4, 0.5) is 5.69 Å². The van der Waals surface area contributed by atoms with Crippen molar-refractivity contribution in [1.29, 1.82) is 0 Å². The Morgan fingerprint density at radius 3 is 2.48 bits per heavy atom. The third-order valence-corrected chi connectivity index (χ3v) is 6.01. The molecule has 0 aliphatic carbocycles. The summed E-state index contributed by atoms with van der Waals surface area (Å²) in [5, 5.41) is 2.97. The maximum absolute atomic E-state index is 13.1. The fourth-order valence-corrected chi connectivity index (χ4v) is 4.71. The largest absolute Gasteiger partial charge is 0.466 e. The highest BCUT2D eigenvalue weighted by molar-refractivity contribution is 7.90. The second kappa shape index (κ2) is 7.07. The van der Waals surface area contributed by atoms with Crippen molar-refractivity contribution in [3.63, 3.8) is 0 Å². The number of carbonyl (C=O) groups excluding carboxylic acids is 2. The van der Waals surface area contributed by atoms with Crippen LogP contribution in [0.3, 0.4) is 0 Å². The van der Waals surface area contributed by atoms with E-state index in [2.05, 4.69) is 5.32 Å². The van der Waals surface area contributed by atoms with Gasteiger partial charge in [-0.1, -0.05) is 12.1 Å². The average molecular weight is 392 g/mol. The molecule has 144 valence electrons. The van der Waals surface area contributed by atoms with E-state index in [0.29, 0.717) is 0 Å². The quantitative estimate of drug-likeness (QED) is 0.775.